The molecule has 0 atom stereocenters. The fraction of sp³-hybridized carbons (Fsp3) is 0.500. The first-order valence-corrected chi connectivity index (χ1v) is 13.3. The molecule has 1 amide bonds. The van der Waals surface area contributed by atoms with Gasteiger partial charge < -0.3 is 10.2 Å². The van der Waals surface area contributed by atoms with Crippen molar-refractivity contribution in [3.8, 4) is 5.82 Å². The minimum atomic E-state index is 0.0190. The van der Waals surface area contributed by atoms with Crippen molar-refractivity contribution in [2.45, 2.75) is 65.3 Å². The van der Waals surface area contributed by atoms with Crippen LogP contribution in [0.25, 0.3) is 5.82 Å². The molecule has 0 radical (unpaired) electrons. The predicted octanol–water partition coefficient (Wildman–Crippen LogP) is 4.44. The third-order valence-corrected chi connectivity index (χ3v) is 7.39. The van der Waals surface area contributed by atoms with Crippen LogP contribution in [-0.2, 0) is 17.8 Å². The van der Waals surface area contributed by atoms with E-state index < -0.39 is 0 Å². The van der Waals surface area contributed by atoms with Gasteiger partial charge in [0.25, 0.3) is 0 Å². The summed E-state index contributed by atoms with van der Waals surface area (Å²) < 4.78 is 1.84. The summed E-state index contributed by atoms with van der Waals surface area (Å²) in [4.78, 5) is 17.5. The van der Waals surface area contributed by atoms with Crippen molar-refractivity contribution >= 4 is 17.4 Å². The molecule has 3 aromatic rings. The summed E-state index contributed by atoms with van der Waals surface area (Å²) in [6.07, 6.45) is 7.31. The van der Waals surface area contributed by atoms with Crippen molar-refractivity contribution in [2.75, 3.05) is 36.4 Å². The third-order valence-electron chi connectivity index (χ3n) is 7.39. The van der Waals surface area contributed by atoms with Gasteiger partial charge in [-0.15, -0.1) is 10.2 Å². The van der Waals surface area contributed by atoms with Crippen LogP contribution >= 0.6 is 0 Å². The van der Waals surface area contributed by atoms with E-state index >= 15 is 0 Å². The molecule has 2 fully saturated rings. The Hall–Kier alpha value is -3.26. The van der Waals surface area contributed by atoms with Crippen LogP contribution in [0.2, 0.25) is 0 Å². The smallest absolute Gasteiger partial charge is 0.224 e. The maximum Gasteiger partial charge on any atom is 0.224 e. The number of carbonyl (C=O) groups is 1. The number of carbonyl (C=O) groups excluding carboxylic acids is 1. The van der Waals surface area contributed by atoms with Crippen LogP contribution in [0.4, 0.5) is 11.5 Å². The number of nitrogens with zero attached hydrogens (tertiary/aromatic N) is 6. The molecule has 8 nitrogen and oxygen atoms in total. The molecule has 0 spiro atoms. The molecule has 36 heavy (non-hydrogen) atoms. The number of benzene rings is 1. The normalized spacial score (nSPS) is 16.4. The second-order valence-electron chi connectivity index (χ2n) is 10.1. The number of amides is 1. The first-order valence-electron chi connectivity index (χ1n) is 13.3. The number of aryl methyl sites for hydroxylation is 1. The van der Waals surface area contributed by atoms with E-state index in [0.717, 1.165) is 61.2 Å². The Morgan fingerprint density at radius 1 is 0.917 bits per heavy atom. The van der Waals surface area contributed by atoms with Crippen LogP contribution in [0.3, 0.4) is 0 Å². The van der Waals surface area contributed by atoms with E-state index in [1.807, 2.05) is 42.8 Å². The van der Waals surface area contributed by atoms with Crippen LogP contribution in [0.5, 0.6) is 0 Å². The van der Waals surface area contributed by atoms with Crippen LogP contribution in [0.1, 0.15) is 61.0 Å². The van der Waals surface area contributed by atoms with Gasteiger partial charge in [-0.25, -0.2) is 4.68 Å². The highest BCUT2D eigenvalue weighted by molar-refractivity contribution is 5.90. The van der Waals surface area contributed by atoms with Crippen molar-refractivity contribution in [2.24, 2.45) is 0 Å². The molecule has 1 N–H and O–H groups in total. The van der Waals surface area contributed by atoms with Gasteiger partial charge in [-0.1, -0.05) is 12.1 Å². The molecule has 8 heteroatoms. The highest BCUT2D eigenvalue weighted by Crippen LogP contribution is 2.22. The van der Waals surface area contributed by atoms with Crippen LogP contribution in [0, 0.1) is 13.8 Å². The van der Waals surface area contributed by atoms with Crippen molar-refractivity contribution in [3.63, 3.8) is 0 Å². The predicted molar refractivity (Wildman–Crippen MR) is 143 cm³/mol. The van der Waals surface area contributed by atoms with Crippen molar-refractivity contribution in [3.05, 3.63) is 58.9 Å². The highest BCUT2D eigenvalue weighted by Gasteiger charge is 2.17. The third kappa shape index (κ3) is 5.75. The van der Waals surface area contributed by atoms with Crippen LogP contribution in [-0.4, -0.2) is 57.0 Å². The summed E-state index contributed by atoms with van der Waals surface area (Å²) in [5.74, 6) is 1.66. The fourth-order valence-electron chi connectivity index (χ4n) is 5.39. The Kier molecular flexibility index (Phi) is 7.60. The first-order chi connectivity index (χ1) is 17.6. The molecule has 0 saturated carbocycles. The van der Waals surface area contributed by atoms with Gasteiger partial charge in [-0.3, -0.25) is 9.69 Å². The van der Waals surface area contributed by atoms with E-state index in [0.29, 0.717) is 18.7 Å². The van der Waals surface area contributed by atoms with Gasteiger partial charge in [0.15, 0.2) is 11.6 Å². The molecule has 2 aliphatic rings. The van der Waals surface area contributed by atoms with E-state index in [-0.39, 0.29) is 5.91 Å². The first kappa shape index (κ1) is 24.4. The van der Waals surface area contributed by atoms with E-state index in [1.165, 1.54) is 37.7 Å². The molecule has 1 aromatic carbocycles. The Morgan fingerprint density at radius 3 is 2.39 bits per heavy atom. The average Bonchev–Trinajstić information content (AvgIpc) is 3.51. The van der Waals surface area contributed by atoms with E-state index in [9.17, 15) is 4.79 Å². The van der Waals surface area contributed by atoms with Crippen LogP contribution in [0.15, 0.2) is 36.4 Å². The lowest BCUT2D eigenvalue weighted by molar-refractivity contribution is -0.116. The molecule has 5 rings (SSSR count). The standard InChI is InChI=1S/C28H37N7O/c1-21-25(11-14-28(36)29-24-10-8-9-23(19-24)20-33-15-6-7-16-33)22(2)35(32-21)27-13-12-26(30-31-27)34-17-4-3-5-18-34/h8-10,12-13,19H,3-7,11,14-18,20H2,1-2H3,(H,29,36). The second-order valence-corrected chi connectivity index (χ2v) is 10.1. The summed E-state index contributed by atoms with van der Waals surface area (Å²) in [5, 5.41) is 16.7. The molecule has 2 saturated heterocycles. The second kappa shape index (κ2) is 11.2. The molecule has 4 heterocycles. The summed E-state index contributed by atoms with van der Waals surface area (Å²) in [5.41, 5.74) is 5.14. The number of anilines is 2. The summed E-state index contributed by atoms with van der Waals surface area (Å²) in [6.45, 7) is 9.40. The summed E-state index contributed by atoms with van der Waals surface area (Å²) in [6, 6.07) is 12.2. The lowest BCUT2D eigenvalue weighted by Crippen LogP contribution is -2.30. The minimum absolute atomic E-state index is 0.0190. The number of piperidine rings is 1. The van der Waals surface area contributed by atoms with Gasteiger partial charge >= 0.3 is 0 Å². The van der Waals surface area contributed by atoms with Crippen molar-refractivity contribution < 1.29 is 4.79 Å². The molecule has 0 bridgehead atoms. The molecule has 2 aromatic heterocycles. The molecule has 0 unspecified atom stereocenters. The number of aromatic nitrogens is 4. The largest absolute Gasteiger partial charge is 0.355 e. The van der Waals surface area contributed by atoms with Gasteiger partial charge in [0.2, 0.25) is 5.91 Å². The van der Waals surface area contributed by atoms with Crippen LogP contribution < -0.4 is 10.2 Å². The summed E-state index contributed by atoms with van der Waals surface area (Å²) >= 11 is 0. The molecular formula is C28H37N7O. The van der Waals surface area contributed by atoms with Gasteiger partial charge in [-0.2, -0.15) is 5.10 Å². The lowest BCUT2D eigenvalue weighted by Gasteiger charge is -2.27. The maximum absolute atomic E-state index is 12.8. The zero-order chi connectivity index (χ0) is 24.9. The highest BCUT2D eigenvalue weighted by atomic mass is 16.1. The summed E-state index contributed by atoms with van der Waals surface area (Å²) in [7, 11) is 0. The van der Waals surface area contributed by atoms with Gasteiger partial charge in [0.1, 0.15) is 0 Å². The Labute approximate surface area is 213 Å². The maximum atomic E-state index is 12.8. The molecule has 190 valence electrons. The zero-order valence-electron chi connectivity index (χ0n) is 21.5. The van der Waals surface area contributed by atoms with Crippen molar-refractivity contribution in [1.82, 2.24) is 24.9 Å². The van der Waals surface area contributed by atoms with Gasteiger partial charge in [0.05, 0.1) is 5.69 Å². The number of hydrogen-bond donors (Lipinski definition) is 1. The Morgan fingerprint density at radius 2 is 1.64 bits per heavy atom. The molecule has 0 aliphatic carbocycles. The topological polar surface area (TPSA) is 79.2 Å². The Bertz CT molecular complexity index is 1180. The molecular weight excluding hydrogens is 450 g/mol. The Balaban J connectivity index is 1.19. The van der Waals surface area contributed by atoms with Gasteiger partial charge in [0, 0.05) is 37.4 Å². The van der Waals surface area contributed by atoms with E-state index in [4.69, 9.17) is 5.10 Å². The monoisotopic (exact) mass is 487 g/mol. The number of likely N-dealkylation sites (tertiary alicyclic amines) is 1. The zero-order valence-corrected chi connectivity index (χ0v) is 21.5. The average molecular weight is 488 g/mol. The number of rotatable bonds is 8. The minimum Gasteiger partial charge on any atom is -0.355 e. The quantitative estimate of drug-likeness (QED) is 0.506. The SMILES string of the molecule is Cc1nn(-c2ccc(N3CCCCC3)nn2)c(C)c1CCC(=O)Nc1cccc(CN2CCCC2)c1. The fourth-order valence-corrected chi connectivity index (χ4v) is 5.39. The van der Waals surface area contributed by atoms with E-state index in [1.54, 1.807) is 0 Å². The number of hydrogen-bond acceptors (Lipinski definition) is 6. The van der Waals surface area contributed by atoms with E-state index in [2.05, 4.69) is 37.4 Å². The van der Waals surface area contributed by atoms with Crippen molar-refractivity contribution in [1.29, 1.82) is 0 Å². The van der Waals surface area contributed by atoms with Gasteiger partial charge in [-0.05, 0) is 101 Å². The molecule has 2 aliphatic heterocycles. The number of nitrogens with one attached hydrogen (secondary N) is 1. The lowest BCUT2D eigenvalue weighted by atomic mass is 10.1.